The molecular formula is C52H66N8O8. The molecule has 2 aromatic heterocycles. The molecule has 0 unspecified atom stereocenters. The average Bonchev–Trinajstić information content (AvgIpc) is 4.14. The summed E-state index contributed by atoms with van der Waals surface area (Å²) in [5.74, 6) is -2.18. The van der Waals surface area contributed by atoms with Crippen molar-refractivity contribution in [3.05, 3.63) is 83.7 Å². The predicted molar refractivity (Wildman–Crippen MR) is 258 cm³/mol. The number of rotatable bonds is 10. The first-order valence-corrected chi connectivity index (χ1v) is 23.9. The van der Waals surface area contributed by atoms with E-state index in [0.717, 1.165) is 39.0 Å². The minimum Gasteiger partial charge on any atom is -0.508 e. The molecule has 362 valence electrons. The number of aryl methyl sites for hydroxylation is 1. The van der Waals surface area contributed by atoms with Crippen LogP contribution in [-0.2, 0) is 52.8 Å². The van der Waals surface area contributed by atoms with Crippen LogP contribution in [0.4, 0.5) is 0 Å². The van der Waals surface area contributed by atoms with Crippen LogP contribution in [0.5, 0.6) is 5.75 Å². The topological polar surface area (TPSA) is 198 Å². The Morgan fingerprint density at radius 3 is 2.51 bits per heavy atom. The number of benzene rings is 2. The van der Waals surface area contributed by atoms with E-state index in [-0.39, 0.29) is 49.3 Å². The lowest BCUT2D eigenvalue weighted by atomic mass is 9.84. The van der Waals surface area contributed by atoms with Crippen molar-refractivity contribution in [2.45, 2.75) is 110 Å². The lowest BCUT2D eigenvalue weighted by molar-refractivity contribution is -0.155. The number of pyridine rings is 1. The molecule has 6 heterocycles. The third kappa shape index (κ3) is 10.0. The van der Waals surface area contributed by atoms with E-state index in [1.54, 1.807) is 44.3 Å². The van der Waals surface area contributed by atoms with E-state index < -0.39 is 47.2 Å². The molecule has 8 rings (SSSR count). The number of hydrogen-bond donors (Lipinski definition) is 4. The molecule has 16 nitrogen and oxygen atoms in total. The molecule has 4 aliphatic rings. The van der Waals surface area contributed by atoms with Crippen molar-refractivity contribution >= 4 is 40.5 Å². The zero-order valence-electron chi connectivity index (χ0n) is 40.4. The second-order valence-electron chi connectivity index (χ2n) is 19.8. The number of hydrazine groups is 1. The number of ether oxygens (including phenoxy) is 2. The molecular weight excluding hydrogens is 865 g/mol. The molecule has 68 heavy (non-hydrogen) atoms. The maximum Gasteiger partial charge on any atom is 0.324 e. The van der Waals surface area contributed by atoms with Gasteiger partial charge in [0.25, 0.3) is 5.91 Å². The number of nitrogens with zero attached hydrogens (tertiary/aromatic N) is 5. The number of nitrogens with one attached hydrogen (secondary N) is 3. The third-order valence-electron chi connectivity index (χ3n) is 14.0. The number of aromatic hydroxyl groups is 1. The Hall–Kier alpha value is -6.10. The normalized spacial score (nSPS) is 21.9. The van der Waals surface area contributed by atoms with Gasteiger partial charge in [-0.15, -0.1) is 0 Å². The van der Waals surface area contributed by atoms with Crippen LogP contribution in [0.2, 0.25) is 0 Å². The number of fused-ring (bicyclic) bond motifs is 6. The number of likely N-dealkylation sites (tertiary alicyclic amines) is 1. The highest BCUT2D eigenvalue weighted by molar-refractivity contribution is 5.96. The van der Waals surface area contributed by atoms with Crippen LogP contribution >= 0.6 is 0 Å². The molecule has 5 atom stereocenters. The first-order valence-electron chi connectivity index (χ1n) is 23.9. The zero-order valence-corrected chi connectivity index (χ0v) is 40.4. The van der Waals surface area contributed by atoms with E-state index in [0.29, 0.717) is 75.0 Å². The molecule has 3 fully saturated rings. The predicted octanol–water partition coefficient (Wildman–Crippen LogP) is 5.07. The molecule has 3 saturated heterocycles. The maximum atomic E-state index is 14.7. The monoisotopic (exact) mass is 931 g/mol. The van der Waals surface area contributed by atoms with E-state index in [2.05, 4.69) is 66.2 Å². The Labute approximate surface area is 398 Å². The van der Waals surface area contributed by atoms with Crippen LogP contribution in [-0.4, -0.2) is 130 Å². The Kier molecular flexibility index (Phi) is 14.1. The summed E-state index contributed by atoms with van der Waals surface area (Å²) in [6.07, 6.45) is 3.87. The average molecular weight is 931 g/mol. The van der Waals surface area contributed by atoms with Gasteiger partial charge < -0.3 is 39.6 Å². The van der Waals surface area contributed by atoms with Crippen LogP contribution in [0.25, 0.3) is 33.3 Å². The van der Waals surface area contributed by atoms with E-state index in [9.17, 15) is 29.1 Å². The van der Waals surface area contributed by atoms with Gasteiger partial charge >= 0.3 is 5.97 Å². The van der Waals surface area contributed by atoms with E-state index in [1.807, 2.05) is 25.1 Å². The minimum atomic E-state index is -1.19. The number of amides is 4. The van der Waals surface area contributed by atoms with Gasteiger partial charge in [0, 0.05) is 87.3 Å². The Morgan fingerprint density at radius 1 is 1.07 bits per heavy atom. The highest BCUT2D eigenvalue weighted by Crippen LogP contribution is 2.42. The summed E-state index contributed by atoms with van der Waals surface area (Å²) in [5.41, 5.74) is 9.90. The summed E-state index contributed by atoms with van der Waals surface area (Å²) >= 11 is 0. The third-order valence-corrected chi connectivity index (χ3v) is 14.0. The highest BCUT2D eigenvalue weighted by atomic mass is 16.5. The van der Waals surface area contributed by atoms with Gasteiger partial charge in [0.1, 0.15) is 23.9 Å². The van der Waals surface area contributed by atoms with E-state index >= 15 is 0 Å². The van der Waals surface area contributed by atoms with E-state index in [4.69, 9.17) is 14.5 Å². The van der Waals surface area contributed by atoms with E-state index in [1.165, 1.54) is 9.91 Å². The largest absolute Gasteiger partial charge is 0.508 e. The summed E-state index contributed by atoms with van der Waals surface area (Å²) in [5, 5.41) is 19.7. The van der Waals surface area contributed by atoms with Crippen molar-refractivity contribution < 1.29 is 38.6 Å². The van der Waals surface area contributed by atoms with Crippen LogP contribution in [0.3, 0.4) is 0 Å². The fourth-order valence-corrected chi connectivity index (χ4v) is 10.3. The zero-order chi connectivity index (χ0) is 48.6. The number of likely N-dealkylation sites (N-methyl/N-ethyl adjacent to an activating group) is 1. The summed E-state index contributed by atoms with van der Waals surface area (Å²) < 4.78 is 14.2. The number of cyclic esters (lactones) is 1. The first kappa shape index (κ1) is 48.4. The molecule has 4 N–H and O–H groups in total. The number of methoxy groups -OCH3 is 1. The van der Waals surface area contributed by atoms with Gasteiger partial charge in [-0.05, 0) is 117 Å². The van der Waals surface area contributed by atoms with Crippen molar-refractivity contribution in [2.75, 3.05) is 46.9 Å². The second kappa shape index (κ2) is 19.9. The molecule has 0 radical (unpaired) electrons. The van der Waals surface area contributed by atoms with Crippen LogP contribution in [0.15, 0.2) is 66.9 Å². The Bertz CT molecular complexity index is 2610. The summed E-state index contributed by atoms with van der Waals surface area (Å²) in [6, 6.07) is 12.2. The lowest BCUT2D eigenvalue weighted by Gasteiger charge is -2.37. The van der Waals surface area contributed by atoms with Crippen molar-refractivity contribution in [1.29, 1.82) is 0 Å². The number of hydrogen-bond acceptors (Lipinski definition) is 11. The summed E-state index contributed by atoms with van der Waals surface area (Å²) in [6.45, 7) is 16.6. The molecule has 16 heteroatoms. The van der Waals surface area contributed by atoms with Gasteiger partial charge in [-0.3, -0.25) is 34.0 Å². The van der Waals surface area contributed by atoms with Crippen molar-refractivity contribution in [3.8, 4) is 28.1 Å². The standard InChI is InChI=1S/C52H66N8O8/c1-9-59-43-15-14-34-26-38(43)39(46(59)37-12-10-18-53-44(37)31(4)67-8)27-52(5,6)29-68-51(66)40-13-11-19-60(56-40)50(65)41(24-32-22-35(34)25-36(61)23-32)55-47(62)45(30(2)3)57(7)48(63)33-16-20-58(21-17-33)49(64)42-28-54-42/h10,12,14-15,18,22-23,25-26,31,33,40-42,45,54,56,61H,2,9,11,13,16-17,19-21,24,27-29H2,1,3-8H3,(H,55,62)/t31-,40-,41-,42-,45-/m0/s1. The number of piperidine rings is 1. The molecule has 4 aromatic rings. The van der Waals surface area contributed by atoms with Crippen molar-refractivity contribution in [3.63, 3.8) is 0 Å². The van der Waals surface area contributed by atoms with Crippen LogP contribution in [0.1, 0.15) is 83.2 Å². The number of aromatic nitrogens is 2. The van der Waals surface area contributed by atoms with Gasteiger partial charge in [0.15, 0.2) is 0 Å². The highest BCUT2D eigenvalue weighted by Gasteiger charge is 2.40. The fraction of sp³-hybridized carbons (Fsp3) is 0.500. The Balaban J connectivity index is 1.16. The number of carbonyl (C=O) groups excluding carboxylic acids is 5. The van der Waals surface area contributed by atoms with Crippen LogP contribution in [0, 0.1) is 11.3 Å². The van der Waals surface area contributed by atoms with Gasteiger partial charge in [-0.2, -0.15) is 0 Å². The van der Waals surface area contributed by atoms with Crippen molar-refractivity contribution in [2.24, 2.45) is 11.3 Å². The van der Waals surface area contributed by atoms with Gasteiger partial charge in [-0.1, -0.05) is 32.6 Å². The number of carbonyl (C=O) groups is 5. The molecule has 0 aliphatic carbocycles. The quantitative estimate of drug-likeness (QED) is 0.0942. The fourth-order valence-electron chi connectivity index (χ4n) is 10.3. The van der Waals surface area contributed by atoms with Gasteiger partial charge in [0.05, 0.1) is 30.1 Å². The van der Waals surface area contributed by atoms with Gasteiger partial charge in [0.2, 0.25) is 17.7 Å². The molecule has 4 aliphatic heterocycles. The minimum absolute atomic E-state index is 0.0172. The molecule has 6 bridgehead atoms. The number of phenolic OH excluding ortho intramolecular Hbond substituents is 1. The molecule has 0 saturated carbocycles. The smallest absolute Gasteiger partial charge is 0.324 e. The lowest BCUT2D eigenvalue weighted by Crippen LogP contribution is -2.62. The molecule has 0 spiro atoms. The maximum absolute atomic E-state index is 14.7. The number of phenols is 1. The summed E-state index contributed by atoms with van der Waals surface area (Å²) in [4.78, 5) is 77.9. The molecule has 4 amide bonds. The summed E-state index contributed by atoms with van der Waals surface area (Å²) in [7, 11) is 3.24. The molecule has 2 aromatic carbocycles. The second-order valence-corrected chi connectivity index (χ2v) is 19.8. The van der Waals surface area contributed by atoms with Gasteiger partial charge in [-0.25, -0.2) is 5.43 Å². The first-order chi connectivity index (χ1) is 32.5. The Morgan fingerprint density at radius 2 is 1.82 bits per heavy atom. The van der Waals surface area contributed by atoms with Crippen molar-refractivity contribution in [1.82, 2.24) is 40.4 Å². The number of esters is 1. The SMILES string of the molecule is C=C(C)[C@@H](C(=O)N[C@H]1Cc2cc(O)cc(c2)-c2ccc3c(c2)c(c(-c2cccnc2[C@H](C)OC)n3CC)CC(C)(C)COC(=O)[C@@H]2CCCN(N2)C1=O)N(C)C(=O)C1CCN(C(=O)[C@@H]2CN2)CC1. The van der Waals surface area contributed by atoms with Crippen LogP contribution < -0.4 is 16.1 Å².